The summed E-state index contributed by atoms with van der Waals surface area (Å²) in [7, 11) is 0. The first-order valence-corrected chi connectivity index (χ1v) is 12.7. The van der Waals surface area contributed by atoms with Crippen LogP contribution in [0, 0.1) is 20.8 Å². The van der Waals surface area contributed by atoms with Gasteiger partial charge in [0.05, 0.1) is 12.3 Å². The predicted octanol–water partition coefficient (Wildman–Crippen LogP) is 4.62. The normalized spacial score (nSPS) is 15.2. The minimum absolute atomic E-state index is 0.00943. The van der Waals surface area contributed by atoms with E-state index in [1.165, 1.54) is 0 Å². The highest BCUT2D eigenvalue weighted by atomic mass is 16.5. The lowest BCUT2D eigenvalue weighted by Gasteiger charge is -2.39. The molecule has 1 aliphatic heterocycles. The lowest BCUT2D eigenvalue weighted by atomic mass is 10.0. The van der Waals surface area contributed by atoms with Crippen molar-refractivity contribution in [3.63, 3.8) is 0 Å². The lowest BCUT2D eigenvalue weighted by molar-refractivity contribution is 0.0505. The highest BCUT2D eigenvalue weighted by Gasteiger charge is 2.34. The number of carbonyl (C=O) groups is 3. The van der Waals surface area contributed by atoms with Crippen molar-refractivity contribution in [2.75, 3.05) is 31.6 Å². The second-order valence-electron chi connectivity index (χ2n) is 9.47. The largest absolute Gasteiger partial charge is 0.462 e. The summed E-state index contributed by atoms with van der Waals surface area (Å²) in [4.78, 5) is 52.1. The van der Waals surface area contributed by atoms with Gasteiger partial charge in [-0.15, -0.1) is 0 Å². The molecular formula is C29H33N5O4. The van der Waals surface area contributed by atoms with E-state index in [9.17, 15) is 14.4 Å². The van der Waals surface area contributed by atoms with Gasteiger partial charge in [-0.1, -0.05) is 48.0 Å². The third-order valence-electron chi connectivity index (χ3n) is 6.55. The first-order chi connectivity index (χ1) is 18.2. The number of piperazine rings is 1. The first kappa shape index (κ1) is 26.8. The molecule has 1 fully saturated rings. The van der Waals surface area contributed by atoms with Gasteiger partial charge in [-0.25, -0.2) is 19.6 Å². The highest BCUT2D eigenvalue weighted by molar-refractivity contribution is 6.07. The molecule has 38 heavy (non-hydrogen) atoms. The Labute approximate surface area is 222 Å². The molecule has 1 aliphatic rings. The molecule has 0 spiro atoms. The topological polar surface area (TPSA) is 105 Å². The summed E-state index contributed by atoms with van der Waals surface area (Å²) >= 11 is 0. The van der Waals surface area contributed by atoms with Gasteiger partial charge < -0.3 is 19.9 Å². The van der Waals surface area contributed by atoms with Gasteiger partial charge in [0.25, 0.3) is 5.91 Å². The van der Waals surface area contributed by atoms with Crippen molar-refractivity contribution in [3.05, 3.63) is 76.7 Å². The maximum absolute atomic E-state index is 13.8. The molecule has 1 saturated heterocycles. The summed E-state index contributed by atoms with van der Waals surface area (Å²) in [6, 6.07) is 14.6. The van der Waals surface area contributed by atoms with E-state index in [1.54, 1.807) is 23.6 Å². The molecule has 1 unspecified atom stereocenters. The molecule has 0 aliphatic carbocycles. The van der Waals surface area contributed by atoms with Crippen molar-refractivity contribution in [2.45, 2.75) is 40.7 Å². The van der Waals surface area contributed by atoms with E-state index < -0.39 is 11.9 Å². The monoisotopic (exact) mass is 515 g/mol. The summed E-state index contributed by atoms with van der Waals surface area (Å²) in [5.74, 6) is -0.661. The van der Waals surface area contributed by atoms with Gasteiger partial charge in [-0.05, 0) is 46.2 Å². The number of esters is 1. The van der Waals surface area contributed by atoms with Crippen molar-refractivity contribution in [2.24, 2.45) is 0 Å². The third-order valence-corrected chi connectivity index (χ3v) is 6.55. The van der Waals surface area contributed by atoms with Crippen LogP contribution in [0.2, 0.25) is 0 Å². The number of hydrogen-bond acceptors (Lipinski definition) is 6. The fraction of sp³-hybridized carbons (Fsp3) is 0.345. The standard InChI is InChI=1S/C29H33N5O4/c1-6-38-28(36)24-25(22-10-8-7-9-11-22)30-21(5)31-26(24)27(35)33-14-15-34(20(4)17-33)29(37)32-23-13-12-18(2)16-19(23)3/h7-13,16,20H,6,14-15,17H2,1-5H3,(H,32,37). The number of nitrogens with zero attached hydrogens (tertiary/aromatic N) is 4. The van der Waals surface area contributed by atoms with Gasteiger partial charge >= 0.3 is 12.0 Å². The van der Waals surface area contributed by atoms with Crippen molar-refractivity contribution in [1.82, 2.24) is 19.8 Å². The Morgan fingerprint density at radius 1 is 1.03 bits per heavy atom. The Kier molecular flexibility index (Phi) is 8.05. The van der Waals surface area contributed by atoms with Crippen LogP contribution in [0.5, 0.6) is 0 Å². The quantitative estimate of drug-likeness (QED) is 0.497. The van der Waals surface area contributed by atoms with Gasteiger partial charge in [-0.2, -0.15) is 0 Å². The number of nitrogens with one attached hydrogen (secondary N) is 1. The Bertz CT molecular complexity index is 1360. The smallest absolute Gasteiger partial charge is 0.342 e. The summed E-state index contributed by atoms with van der Waals surface area (Å²) in [6.07, 6.45) is 0. The second-order valence-corrected chi connectivity index (χ2v) is 9.47. The van der Waals surface area contributed by atoms with Crippen LogP contribution in [0.4, 0.5) is 10.5 Å². The zero-order valence-electron chi connectivity index (χ0n) is 22.4. The molecule has 0 saturated carbocycles. The van der Waals surface area contributed by atoms with E-state index in [0.717, 1.165) is 16.8 Å². The van der Waals surface area contributed by atoms with E-state index in [2.05, 4.69) is 15.3 Å². The van der Waals surface area contributed by atoms with E-state index in [-0.39, 0.29) is 29.9 Å². The van der Waals surface area contributed by atoms with E-state index in [1.807, 2.05) is 69.3 Å². The number of ether oxygens (including phenoxy) is 1. The van der Waals surface area contributed by atoms with Crippen molar-refractivity contribution < 1.29 is 19.1 Å². The summed E-state index contributed by atoms with van der Waals surface area (Å²) in [6.45, 7) is 10.3. The van der Waals surface area contributed by atoms with Gasteiger partial charge in [0.1, 0.15) is 17.1 Å². The van der Waals surface area contributed by atoms with E-state index in [0.29, 0.717) is 36.7 Å². The maximum atomic E-state index is 13.8. The molecular weight excluding hydrogens is 482 g/mol. The average Bonchev–Trinajstić information content (AvgIpc) is 2.89. The number of urea groups is 1. The number of amides is 3. The summed E-state index contributed by atoms with van der Waals surface area (Å²) in [5, 5.41) is 2.99. The van der Waals surface area contributed by atoms with Crippen LogP contribution < -0.4 is 5.32 Å². The number of benzene rings is 2. The predicted molar refractivity (Wildman–Crippen MR) is 145 cm³/mol. The molecule has 1 aromatic heterocycles. The number of hydrogen-bond donors (Lipinski definition) is 1. The zero-order valence-corrected chi connectivity index (χ0v) is 22.4. The van der Waals surface area contributed by atoms with Crippen LogP contribution in [0.15, 0.2) is 48.5 Å². The number of rotatable bonds is 5. The summed E-state index contributed by atoms with van der Waals surface area (Å²) < 4.78 is 5.30. The molecule has 3 aromatic rings. The fourth-order valence-electron chi connectivity index (χ4n) is 4.66. The van der Waals surface area contributed by atoms with E-state index >= 15 is 0 Å². The Hall–Kier alpha value is -4.27. The molecule has 0 bridgehead atoms. The minimum Gasteiger partial charge on any atom is -0.462 e. The Balaban J connectivity index is 1.58. The molecule has 9 nitrogen and oxygen atoms in total. The molecule has 4 rings (SSSR count). The second kappa shape index (κ2) is 11.4. The molecule has 9 heteroatoms. The van der Waals surface area contributed by atoms with Crippen molar-refractivity contribution >= 4 is 23.6 Å². The molecule has 198 valence electrons. The number of aromatic nitrogens is 2. The van der Waals surface area contributed by atoms with Crippen LogP contribution in [-0.2, 0) is 4.74 Å². The summed E-state index contributed by atoms with van der Waals surface area (Å²) in [5.41, 5.74) is 3.98. The number of carbonyl (C=O) groups excluding carboxylic acids is 3. The van der Waals surface area contributed by atoms with Crippen LogP contribution in [-0.4, -0.2) is 70.0 Å². The average molecular weight is 516 g/mol. The van der Waals surface area contributed by atoms with E-state index in [4.69, 9.17) is 4.74 Å². The van der Waals surface area contributed by atoms with Gasteiger partial charge in [0.15, 0.2) is 0 Å². The van der Waals surface area contributed by atoms with Gasteiger partial charge in [0.2, 0.25) is 0 Å². The van der Waals surface area contributed by atoms with Crippen molar-refractivity contribution in [3.8, 4) is 11.3 Å². The lowest BCUT2D eigenvalue weighted by Crippen LogP contribution is -2.56. The number of anilines is 1. The van der Waals surface area contributed by atoms with Crippen LogP contribution in [0.1, 0.15) is 51.6 Å². The number of aryl methyl sites for hydroxylation is 3. The fourth-order valence-corrected chi connectivity index (χ4v) is 4.66. The molecule has 1 atom stereocenters. The molecule has 2 heterocycles. The molecule has 3 amide bonds. The Morgan fingerprint density at radius 2 is 1.76 bits per heavy atom. The molecule has 0 radical (unpaired) electrons. The maximum Gasteiger partial charge on any atom is 0.342 e. The highest BCUT2D eigenvalue weighted by Crippen LogP contribution is 2.26. The third kappa shape index (κ3) is 5.66. The first-order valence-electron chi connectivity index (χ1n) is 12.7. The van der Waals surface area contributed by atoms with Crippen molar-refractivity contribution in [1.29, 1.82) is 0 Å². The zero-order chi connectivity index (χ0) is 27.4. The van der Waals surface area contributed by atoms with Gasteiger partial charge in [-0.3, -0.25) is 4.79 Å². The van der Waals surface area contributed by atoms with Crippen LogP contribution in [0.3, 0.4) is 0 Å². The van der Waals surface area contributed by atoms with Gasteiger partial charge in [0, 0.05) is 36.9 Å². The SMILES string of the molecule is CCOC(=O)c1c(C(=O)N2CCN(C(=O)Nc3ccc(C)cc3C)C(C)C2)nc(C)nc1-c1ccccc1. The minimum atomic E-state index is -0.644. The van der Waals surface area contributed by atoms with Crippen LogP contribution >= 0.6 is 0 Å². The Morgan fingerprint density at radius 3 is 2.42 bits per heavy atom. The molecule has 2 aromatic carbocycles. The van der Waals surface area contributed by atoms with Crippen LogP contribution in [0.25, 0.3) is 11.3 Å². The molecule has 1 N–H and O–H groups in total.